The third kappa shape index (κ3) is 4.34. The number of aromatic nitrogens is 2. The van der Waals surface area contributed by atoms with Crippen LogP contribution in [0, 0.1) is 0 Å². The number of nitrogens with zero attached hydrogens (tertiary/aromatic N) is 3. The number of hydrogen-bond donors (Lipinski definition) is 1. The highest BCUT2D eigenvalue weighted by Crippen LogP contribution is 2.07. The molecular formula is C20H22N4O2. The molecule has 3 rings (SSSR count). The van der Waals surface area contributed by atoms with Crippen molar-refractivity contribution in [1.82, 2.24) is 20.0 Å². The highest BCUT2D eigenvalue weighted by Gasteiger charge is 2.08. The standard InChI is InChI=1S/C20H22N4O2/c1-23(2)13-16-9-7-15(8-10-16)11-21-19(25)14-24-20(26)18-6-4-3-5-17(18)12-22-24/h3-10,12H,11,13-14H2,1-2H3,(H,21,25). The van der Waals surface area contributed by atoms with E-state index in [1.54, 1.807) is 18.3 Å². The van der Waals surface area contributed by atoms with Crippen LogP contribution in [0.15, 0.2) is 59.5 Å². The molecule has 0 saturated heterocycles. The van der Waals surface area contributed by atoms with Gasteiger partial charge in [-0.2, -0.15) is 5.10 Å². The third-order valence-electron chi connectivity index (χ3n) is 4.07. The molecule has 0 fully saturated rings. The van der Waals surface area contributed by atoms with E-state index in [-0.39, 0.29) is 18.0 Å². The van der Waals surface area contributed by atoms with Gasteiger partial charge in [-0.25, -0.2) is 4.68 Å². The highest BCUT2D eigenvalue weighted by molar-refractivity contribution is 5.81. The van der Waals surface area contributed by atoms with E-state index in [1.807, 2.05) is 38.4 Å². The van der Waals surface area contributed by atoms with Crippen LogP contribution in [0.3, 0.4) is 0 Å². The van der Waals surface area contributed by atoms with E-state index in [9.17, 15) is 9.59 Å². The molecule has 0 atom stereocenters. The van der Waals surface area contributed by atoms with Crippen LogP contribution in [-0.2, 0) is 24.4 Å². The lowest BCUT2D eigenvalue weighted by molar-refractivity contribution is -0.122. The highest BCUT2D eigenvalue weighted by atomic mass is 16.2. The summed E-state index contributed by atoms with van der Waals surface area (Å²) in [5.41, 5.74) is 1.97. The minimum absolute atomic E-state index is 0.0949. The molecule has 134 valence electrons. The Morgan fingerprint density at radius 2 is 1.77 bits per heavy atom. The number of benzene rings is 2. The quantitative estimate of drug-likeness (QED) is 0.736. The fraction of sp³-hybridized carbons (Fsp3) is 0.250. The van der Waals surface area contributed by atoms with Crippen molar-refractivity contribution in [3.8, 4) is 0 Å². The Morgan fingerprint density at radius 3 is 2.50 bits per heavy atom. The van der Waals surface area contributed by atoms with Gasteiger partial charge >= 0.3 is 0 Å². The van der Waals surface area contributed by atoms with Gasteiger partial charge in [-0.3, -0.25) is 9.59 Å². The van der Waals surface area contributed by atoms with Crippen molar-refractivity contribution in [3.63, 3.8) is 0 Å². The molecular weight excluding hydrogens is 328 g/mol. The molecule has 0 aliphatic rings. The van der Waals surface area contributed by atoms with Gasteiger partial charge in [0, 0.05) is 18.5 Å². The summed E-state index contributed by atoms with van der Waals surface area (Å²) in [5, 5.41) is 8.25. The Labute approximate surface area is 152 Å². The van der Waals surface area contributed by atoms with Crippen molar-refractivity contribution < 1.29 is 4.79 Å². The van der Waals surface area contributed by atoms with E-state index in [0.717, 1.165) is 17.5 Å². The van der Waals surface area contributed by atoms with Gasteiger partial charge in [0.1, 0.15) is 6.54 Å². The van der Waals surface area contributed by atoms with Gasteiger partial charge in [-0.15, -0.1) is 0 Å². The maximum absolute atomic E-state index is 12.4. The summed E-state index contributed by atoms with van der Waals surface area (Å²) in [7, 11) is 4.05. The molecule has 1 heterocycles. The lowest BCUT2D eigenvalue weighted by atomic mass is 10.1. The van der Waals surface area contributed by atoms with Gasteiger partial charge in [0.15, 0.2) is 0 Å². The van der Waals surface area contributed by atoms with Crippen molar-refractivity contribution >= 4 is 16.7 Å². The first-order chi connectivity index (χ1) is 12.5. The van der Waals surface area contributed by atoms with Gasteiger partial charge in [0.2, 0.25) is 5.91 Å². The molecule has 0 saturated carbocycles. The second-order valence-corrected chi connectivity index (χ2v) is 6.53. The predicted molar refractivity (Wildman–Crippen MR) is 102 cm³/mol. The first-order valence-electron chi connectivity index (χ1n) is 8.47. The van der Waals surface area contributed by atoms with E-state index >= 15 is 0 Å². The summed E-state index contributed by atoms with van der Waals surface area (Å²) in [6.07, 6.45) is 1.60. The number of nitrogens with one attached hydrogen (secondary N) is 1. The molecule has 0 bridgehead atoms. The molecule has 3 aromatic rings. The van der Waals surface area contributed by atoms with Crippen LogP contribution in [-0.4, -0.2) is 34.7 Å². The zero-order valence-electron chi connectivity index (χ0n) is 15.0. The maximum Gasteiger partial charge on any atom is 0.275 e. The van der Waals surface area contributed by atoms with E-state index in [4.69, 9.17) is 0 Å². The van der Waals surface area contributed by atoms with E-state index in [1.165, 1.54) is 10.2 Å². The van der Waals surface area contributed by atoms with Crippen molar-refractivity contribution in [2.75, 3.05) is 14.1 Å². The topological polar surface area (TPSA) is 67.2 Å². The molecule has 1 N–H and O–H groups in total. The minimum atomic E-state index is -0.258. The van der Waals surface area contributed by atoms with Crippen LogP contribution in [0.1, 0.15) is 11.1 Å². The SMILES string of the molecule is CN(C)Cc1ccc(CNC(=O)Cn2ncc3ccccc3c2=O)cc1. The Balaban J connectivity index is 1.61. The fourth-order valence-electron chi connectivity index (χ4n) is 2.76. The van der Waals surface area contributed by atoms with Crippen LogP contribution in [0.2, 0.25) is 0 Å². The molecule has 0 spiro atoms. The second-order valence-electron chi connectivity index (χ2n) is 6.53. The van der Waals surface area contributed by atoms with Crippen molar-refractivity contribution in [2.45, 2.75) is 19.6 Å². The summed E-state index contributed by atoms with van der Waals surface area (Å²) in [6, 6.07) is 15.3. The van der Waals surface area contributed by atoms with Gasteiger partial charge in [-0.05, 0) is 31.3 Å². The first-order valence-corrected chi connectivity index (χ1v) is 8.47. The van der Waals surface area contributed by atoms with Crippen LogP contribution in [0.4, 0.5) is 0 Å². The Hall–Kier alpha value is -2.99. The normalized spacial score (nSPS) is 11.0. The van der Waals surface area contributed by atoms with Crippen molar-refractivity contribution in [3.05, 3.63) is 76.2 Å². The number of hydrogen-bond acceptors (Lipinski definition) is 4. The van der Waals surface area contributed by atoms with E-state index < -0.39 is 0 Å². The van der Waals surface area contributed by atoms with Gasteiger partial charge < -0.3 is 10.2 Å². The second kappa shape index (κ2) is 7.93. The average Bonchev–Trinajstić information content (AvgIpc) is 2.63. The molecule has 2 aromatic carbocycles. The average molecular weight is 350 g/mol. The lowest BCUT2D eigenvalue weighted by Gasteiger charge is -2.11. The van der Waals surface area contributed by atoms with E-state index in [0.29, 0.717) is 11.9 Å². The summed E-state index contributed by atoms with van der Waals surface area (Å²) in [5.74, 6) is -0.243. The Kier molecular flexibility index (Phi) is 5.43. The zero-order valence-corrected chi connectivity index (χ0v) is 15.0. The Morgan fingerprint density at radius 1 is 1.08 bits per heavy atom. The number of rotatable bonds is 6. The molecule has 0 aliphatic carbocycles. The van der Waals surface area contributed by atoms with Crippen LogP contribution >= 0.6 is 0 Å². The molecule has 0 unspecified atom stereocenters. The monoisotopic (exact) mass is 350 g/mol. The molecule has 6 heteroatoms. The summed E-state index contributed by atoms with van der Waals surface area (Å²) in [6.45, 7) is 1.20. The smallest absolute Gasteiger partial charge is 0.275 e. The van der Waals surface area contributed by atoms with Crippen LogP contribution in [0.5, 0.6) is 0 Å². The number of amides is 1. The number of fused-ring (bicyclic) bond motifs is 1. The molecule has 6 nitrogen and oxygen atoms in total. The van der Waals surface area contributed by atoms with Gasteiger partial charge in [-0.1, -0.05) is 42.5 Å². The number of carbonyl (C=O) groups excluding carboxylic acids is 1. The van der Waals surface area contributed by atoms with Crippen molar-refractivity contribution in [2.24, 2.45) is 0 Å². The summed E-state index contributed by atoms with van der Waals surface area (Å²) < 4.78 is 1.19. The van der Waals surface area contributed by atoms with Crippen LogP contribution in [0.25, 0.3) is 10.8 Å². The van der Waals surface area contributed by atoms with Gasteiger partial charge in [0.25, 0.3) is 5.56 Å². The third-order valence-corrected chi connectivity index (χ3v) is 4.07. The van der Waals surface area contributed by atoms with E-state index in [2.05, 4.69) is 27.4 Å². The van der Waals surface area contributed by atoms with Crippen molar-refractivity contribution in [1.29, 1.82) is 0 Å². The predicted octanol–water partition coefficient (Wildman–Crippen LogP) is 1.77. The maximum atomic E-state index is 12.4. The Bertz CT molecular complexity index is 961. The summed E-state index contributed by atoms with van der Waals surface area (Å²) in [4.78, 5) is 26.7. The first kappa shape index (κ1) is 17.8. The largest absolute Gasteiger partial charge is 0.350 e. The molecule has 0 radical (unpaired) electrons. The fourth-order valence-corrected chi connectivity index (χ4v) is 2.76. The molecule has 1 aromatic heterocycles. The molecule has 1 amide bonds. The summed E-state index contributed by atoms with van der Waals surface area (Å²) >= 11 is 0. The molecule has 0 aliphatic heterocycles. The lowest BCUT2D eigenvalue weighted by Crippen LogP contribution is -2.33. The van der Waals surface area contributed by atoms with Gasteiger partial charge in [0.05, 0.1) is 11.6 Å². The number of carbonyl (C=O) groups is 1. The minimum Gasteiger partial charge on any atom is -0.350 e. The zero-order chi connectivity index (χ0) is 18.5. The van der Waals surface area contributed by atoms with Crippen LogP contribution < -0.4 is 10.9 Å². The molecule has 26 heavy (non-hydrogen) atoms.